The number of aryl methyl sites for hydroxylation is 1. The van der Waals surface area contributed by atoms with Crippen molar-refractivity contribution in [3.8, 4) is 5.75 Å². The van der Waals surface area contributed by atoms with Gasteiger partial charge in [-0.25, -0.2) is 0 Å². The molecule has 2 aromatic carbocycles. The first-order valence-corrected chi connectivity index (χ1v) is 7.48. The second kappa shape index (κ2) is 6.32. The molecule has 2 aromatic rings. The molecule has 0 heterocycles. The van der Waals surface area contributed by atoms with Crippen LogP contribution in [0, 0.1) is 0 Å². The van der Waals surface area contributed by atoms with Crippen LogP contribution in [-0.2, 0) is 12.8 Å². The lowest BCUT2D eigenvalue weighted by Crippen LogP contribution is -1.94. The molecule has 0 spiro atoms. The number of hydrogen-bond donors (Lipinski definition) is 1. The highest BCUT2D eigenvalue weighted by atomic mass is 35.5. The van der Waals surface area contributed by atoms with Crippen LogP contribution >= 0.6 is 11.6 Å². The van der Waals surface area contributed by atoms with Crippen molar-refractivity contribution in [1.29, 1.82) is 0 Å². The van der Waals surface area contributed by atoms with Gasteiger partial charge in [0.15, 0.2) is 0 Å². The Kier molecular flexibility index (Phi) is 4.72. The Balaban J connectivity index is 2.27. The smallest absolute Gasteiger partial charge is 0.122 e. The Labute approximate surface area is 126 Å². The number of halogens is 1. The van der Waals surface area contributed by atoms with Gasteiger partial charge in [-0.1, -0.05) is 56.6 Å². The van der Waals surface area contributed by atoms with Gasteiger partial charge in [0.25, 0.3) is 0 Å². The van der Waals surface area contributed by atoms with Crippen LogP contribution in [0.2, 0.25) is 5.02 Å². The molecule has 0 bridgehead atoms. The highest BCUT2D eigenvalue weighted by molar-refractivity contribution is 6.30. The van der Waals surface area contributed by atoms with Crippen molar-refractivity contribution in [1.82, 2.24) is 0 Å². The van der Waals surface area contributed by atoms with Gasteiger partial charge in [0.1, 0.15) is 5.75 Å². The van der Waals surface area contributed by atoms with Gasteiger partial charge in [-0.05, 0) is 46.7 Å². The molecule has 0 amide bonds. The normalized spacial score (nSPS) is 11.1. The minimum atomic E-state index is 0.379. The lowest BCUT2D eigenvalue weighted by Gasteiger charge is -2.11. The van der Waals surface area contributed by atoms with E-state index in [1.165, 1.54) is 11.1 Å². The minimum absolute atomic E-state index is 0.379. The van der Waals surface area contributed by atoms with Gasteiger partial charge in [0, 0.05) is 11.4 Å². The van der Waals surface area contributed by atoms with Gasteiger partial charge in [-0.15, -0.1) is 0 Å². The highest BCUT2D eigenvalue weighted by Gasteiger charge is 2.09. The predicted octanol–water partition coefficient (Wildman–Crippen LogP) is 5.32. The molecular formula is C18H21ClO. The van der Waals surface area contributed by atoms with Crippen LogP contribution < -0.4 is 0 Å². The van der Waals surface area contributed by atoms with Gasteiger partial charge in [0.2, 0.25) is 0 Å². The quantitative estimate of drug-likeness (QED) is 0.807. The van der Waals surface area contributed by atoms with Crippen molar-refractivity contribution in [2.75, 3.05) is 0 Å². The average molecular weight is 289 g/mol. The SMILES string of the molecule is CCc1cc(Cl)cc(Cc2ccc(C(C)C)cc2)c1O. The molecule has 1 nitrogen and oxygen atoms in total. The van der Waals surface area contributed by atoms with Crippen molar-refractivity contribution in [2.24, 2.45) is 0 Å². The molecule has 0 unspecified atom stereocenters. The van der Waals surface area contributed by atoms with Crippen molar-refractivity contribution in [3.63, 3.8) is 0 Å². The lowest BCUT2D eigenvalue weighted by molar-refractivity contribution is 0.463. The van der Waals surface area contributed by atoms with E-state index in [0.29, 0.717) is 23.1 Å². The molecule has 0 radical (unpaired) electrons. The van der Waals surface area contributed by atoms with E-state index in [1.807, 2.05) is 19.1 Å². The van der Waals surface area contributed by atoms with Crippen LogP contribution in [0.25, 0.3) is 0 Å². The maximum absolute atomic E-state index is 10.3. The standard InChI is InChI=1S/C18H21ClO/c1-4-14-10-17(19)11-16(18(14)20)9-13-5-7-15(8-6-13)12(2)3/h5-8,10-12,20H,4,9H2,1-3H3. The van der Waals surface area contributed by atoms with Gasteiger partial charge in [-0.2, -0.15) is 0 Å². The van der Waals surface area contributed by atoms with Gasteiger partial charge in [-0.3, -0.25) is 0 Å². The summed E-state index contributed by atoms with van der Waals surface area (Å²) >= 11 is 6.12. The fourth-order valence-corrected chi connectivity index (χ4v) is 2.63. The van der Waals surface area contributed by atoms with Crippen molar-refractivity contribution in [3.05, 3.63) is 63.7 Å². The molecule has 0 aliphatic rings. The molecule has 0 atom stereocenters. The Morgan fingerprint density at radius 2 is 1.65 bits per heavy atom. The summed E-state index contributed by atoms with van der Waals surface area (Å²) in [6.45, 7) is 6.39. The summed E-state index contributed by atoms with van der Waals surface area (Å²) in [7, 11) is 0. The average Bonchev–Trinajstić information content (AvgIpc) is 2.43. The number of hydrogen-bond acceptors (Lipinski definition) is 1. The number of benzene rings is 2. The zero-order chi connectivity index (χ0) is 14.7. The molecular weight excluding hydrogens is 268 g/mol. The van der Waals surface area contributed by atoms with Crippen LogP contribution in [-0.4, -0.2) is 5.11 Å². The largest absolute Gasteiger partial charge is 0.507 e. The van der Waals surface area contributed by atoms with Crippen LogP contribution in [0.4, 0.5) is 0 Å². The molecule has 2 heteroatoms. The van der Waals surface area contributed by atoms with Gasteiger partial charge in [0.05, 0.1) is 0 Å². The number of phenols is 1. The lowest BCUT2D eigenvalue weighted by atomic mass is 9.97. The van der Waals surface area contributed by atoms with Gasteiger partial charge >= 0.3 is 0 Å². The second-order valence-electron chi connectivity index (χ2n) is 5.50. The maximum atomic E-state index is 10.3. The summed E-state index contributed by atoms with van der Waals surface area (Å²) in [5.74, 6) is 0.917. The third kappa shape index (κ3) is 3.34. The highest BCUT2D eigenvalue weighted by Crippen LogP contribution is 2.29. The van der Waals surface area contributed by atoms with Gasteiger partial charge < -0.3 is 5.11 Å². The molecule has 0 fully saturated rings. The van der Waals surface area contributed by atoms with E-state index in [4.69, 9.17) is 11.6 Å². The Morgan fingerprint density at radius 3 is 2.20 bits per heavy atom. The van der Waals surface area contributed by atoms with E-state index < -0.39 is 0 Å². The second-order valence-corrected chi connectivity index (χ2v) is 5.94. The van der Waals surface area contributed by atoms with Crippen molar-refractivity contribution < 1.29 is 5.11 Å². The summed E-state index contributed by atoms with van der Waals surface area (Å²) < 4.78 is 0. The molecule has 0 saturated carbocycles. The number of phenolic OH excluding ortho intramolecular Hbond substituents is 1. The predicted molar refractivity (Wildman–Crippen MR) is 85.8 cm³/mol. The molecule has 0 saturated heterocycles. The fourth-order valence-electron chi connectivity index (χ4n) is 2.36. The first kappa shape index (κ1) is 14.9. The first-order valence-electron chi connectivity index (χ1n) is 7.10. The maximum Gasteiger partial charge on any atom is 0.122 e. The van der Waals surface area contributed by atoms with Crippen LogP contribution in [0.15, 0.2) is 36.4 Å². The molecule has 0 aliphatic carbocycles. The molecule has 2 rings (SSSR count). The molecule has 1 N–H and O–H groups in total. The molecule has 20 heavy (non-hydrogen) atoms. The van der Waals surface area contributed by atoms with E-state index in [2.05, 4.69) is 38.1 Å². The zero-order valence-electron chi connectivity index (χ0n) is 12.3. The topological polar surface area (TPSA) is 20.2 Å². The Morgan fingerprint density at radius 1 is 1.05 bits per heavy atom. The molecule has 0 aromatic heterocycles. The Hall–Kier alpha value is -1.47. The van der Waals surface area contributed by atoms with E-state index >= 15 is 0 Å². The van der Waals surface area contributed by atoms with E-state index in [1.54, 1.807) is 0 Å². The van der Waals surface area contributed by atoms with Crippen LogP contribution in [0.5, 0.6) is 5.75 Å². The van der Waals surface area contributed by atoms with E-state index in [-0.39, 0.29) is 0 Å². The van der Waals surface area contributed by atoms with Crippen LogP contribution in [0.1, 0.15) is 48.9 Å². The zero-order valence-corrected chi connectivity index (χ0v) is 13.0. The van der Waals surface area contributed by atoms with Crippen molar-refractivity contribution >= 4 is 11.6 Å². The van der Waals surface area contributed by atoms with E-state index in [9.17, 15) is 5.11 Å². The summed E-state index contributed by atoms with van der Waals surface area (Å²) in [4.78, 5) is 0. The monoisotopic (exact) mass is 288 g/mol. The fraction of sp³-hybridized carbons (Fsp3) is 0.333. The summed E-state index contributed by atoms with van der Waals surface area (Å²) in [5.41, 5.74) is 4.32. The van der Waals surface area contributed by atoms with Crippen molar-refractivity contribution in [2.45, 2.75) is 39.5 Å². The molecule has 0 aliphatic heterocycles. The Bertz CT molecular complexity index is 585. The minimum Gasteiger partial charge on any atom is -0.507 e. The van der Waals surface area contributed by atoms with E-state index in [0.717, 1.165) is 17.5 Å². The summed E-state index contributed by atoms with van der Waals surface area (Å²) in [6, 6.07) is 12.3. The third-order valence-corrected chi connectivity index (χ3v) is 3.87. The number of aromatic hydroxyl groups is 1. The van der Waals surface area contributed by atoms with Crippen LogP contribution in [0.3, 0.4) is 0 Å². The summed E-state index contributed by atoms with van der Waals surface area (Å²) in [5, 5.41) is 10.9. The first-order chi connectivity index (χ1) is 9.51. The number of rotatable bonds is 4. The summed E-state index contributed by atoms with van der Waals surface area (Å²) in [6.07, 6.45) is 1.49. The molecule has 106 valence electrons. The third-order valence-electron chi connectivity index (χ3n) is 3.65.